The molecule has 7 heteroatoms. The summed E-state index contributed by atoms with van der Waals surface area (Å²) in [7, 11) is 0. The number of aromatic hydroxyl groups is 2. The number of nitrogens with zero attached hydrogens (tertiary/aromatic N) is 3. The van der Waals surface area contributed by atoms with Gasteiger partial charge in [-0.25, -0.2) is 0 Å². The van der Waals surface area contributed by atoms with Crippen molar-refractivity contribution in [2.45, 2.75) is 6.42 Å². The van der Waals surface area contributed by atoms with Crippen LogP contribution in [0.25, 0.3) is 0 Å². The Bertz CT molecular complexity index is 504. The lowest BCUT2D eigenvalue weighted by molar-refractivity contribution is 0.135. The van der Waals surface area contributed by atoms with Crippen molar-refractivity contribution in [2.75, 3.05) is 5.73 Å². The molecule has 0 spiro atoms. The Morgan fingerprint density at radius 1 is 1.31 bits per heavy atom. The second-order valence-corrected chi connectivity index (χ2v) is 3.27. The van der Waals surface area contributed by atoms with Crippen LogP contribution >= 0.6 is 0 Å². The molecule has 0 atom stereocenters. The van der Waals surface area contributed by atoms with Crippen LogP contribution in [-0.2, 0) is 6.42 Å². The van der Waals surface area contributed by atoms with Crippen molar-refractivity contribution < 1.29 is 15.4 Å². The highest BCUT2D eigenvalue weighted by Gasteiger charge is 2.14. The average Bonchev–Trinajstić information content (AvgIpc) is 2.56. The quantitative estimate of drug-likeness (QED) is 0.423. The van der Waals surface area contributed by atoms with Crippen LogP contribution in [0.3, 0.4) is 0 Å². The summed E-state index contributed by atoms with van der Waals surface area (Å²) in [6.45, 7) is 0. The van der Waals surface area contributed by atoms with E-state index in [2.05, 4.69) is 10.3 Å². The highest BCUT2D eigenvalue weighted by atomic mass is 16.5. The monoisotopic (exact) mass is 222 g/mol. The van der Waals surface area contributed by atoms with Gasteiger partial charge in [0.05, 0.1) is 0 Å². The third kappa shape index (κ3) is 1.58. The predicted molar refractivity (Wildman–Crippen MR) is 54.2 cm³/mol. The molecule has 1 heterocycles. The summed E-state index contributed by atoms with van der Waals surface area (Å²) in [6.07, 6.45) is 0.121. The minimum absolute atomic E-state index is 0.0743. The summed E-state index contributed by atoms with van der Waals surface area (Å²) in [5, 5.41) is 34.9. The minimum atomic E-state index is -0.247. The van der Waals surface area contributed by atoms with Crippen LogP contribution in [0.4, 0.5) is 5.82 Å². The molecule has 0 saturated carbocycles. The Kier molecular flexibility index (Phi) is 2.28. The second-order valence-electron chi connectivity index (χ2n) is 3.27. The Labute approximate surface area is 90.3 Å². The normalized spacial score (nSPS) is 10.5. The van der Waals surface area contributed by atoms with Crippen LogP contribution in [0.1, 0.15) is 11.3 Å². The molecule has 2 aromatic rings. The lowest BCUT2D eigenvalue weighted by Crippen LogP contribution is -2.03. The zero-order chi connectivity index (χ0) is 11.7. The van der Waals surface area contributed by atoms with Crippen molar-refractivity contribution in [3.05, 3.63) is 29.5 Å². The SMILES string of the molecule is Nc1nnn(O)c1Cc1cccc(O)c1O. The molecule has 1 aromatic carbocycles. The van der Waals surface area contributed by atoms with Gasteiger partial charge < -0.3 is 21.2 Å². The number of hydrogen-bond donors (Lipinski definition) is 4. The van der Waals surface area contributed by atoms with Crippen molar-refractivity contribution in [3.8, 4) is 11.5 Å². The summed E-state index contributed by atoms with van der Waals surface area (Å²) >= 11 is 0. The zero-order valence-corrected chi connectivity index (χ0v) is 8.20. The molecule has 1 aromatic heterocycles. The van der Waals surface area contributed by atoms with Crippen molar-refractivity contribution in [1.29, 1.82) is 0 Å². The number of nitrogen functional groups attached to an aromatic ring is 1. The first-order chi connectivity index (χ1) is 7.59. The first-order valence-electron chi connectivity index (χ1n) is 4.48. The van der Waals surface area contributed by atoms with Gasteiger partial charge in [-0.1, -0.05) is 17.0 Å². The fourth-order valence-electron chi connectivity index (χ4n) is 1.37. The summed E-state index contributed by atoms with van der Waals surface area (Å²) in [5.41, 5.74) is 6.15. The van der Waals surface area contributed by atoms with E-state index in [1.807, 2.05) is 0 Å². The van der Waals surface area contributed by atoms with Gasteiger partial charge in [0.15, 0.2) is 17.3 Å². The highest BCUT2D eigenvalue weighted by Crippen LogP contribution is 2.30. The van der Waals surface area contributed by atoms with Gasteiger partial charge in [0.2, 0.25) is 0 Å². The van der Waals surface area contributed by atoms with E-state index in [0.717, 1.165) is 0 Å². The van der Waals surface area contributed by atoms with Gasteiger partial charge in [-0.05, 0) is 11.3 Å². The number of anilines is 1. The van der Waals surface area contributed by atoms with E-state index in [0.29, 0.717) is 10.4 Å². The van der Waals surface area contributed by atoms with E-state index in [9.17, 15) is 15.4 Å². The van der Waals surface area contributed by atoms with E-state index in [4.69, 9.17) is 5.73 Å². The molecule has 0 aliphatic carbocycles. The van der Waals surface area contributed by atoms with Gasteiger partial charge in [0.25, 0.3) is 0 Å². The Morgan fingerprint density at radius 3 is 2.69 bits per heavy atom. The number of para-hydroxylation sites is 1. The topological polar surface area (TPSA) is 117 Å². The number of nitrogens with two attached hydrogens (primary N) is 1. The van der Waals surface area contributed by atoms with Gasteiger partial charge in [-0.15, -0.1) is 5.10 Å². The second kappa shape index (κ2) is 3.61. The molecular formula is C9H10N4O3. The van der Waals surface area contributed by atoms with Crippen LogP contribution in [-0.4, -0.2) is 30.6 Å². The molecular weight excluding hydrogens is 212 g/mol. The highest BCUT2D eigenvalue weighted by molar-refractivity contribution is 5.47. The number of aromatic nitrogens is 3. The van der Waals surface area contributed by atoms with Crippen molar-refractivity contribution in [1.82, 2.24) is 15.2 Å². The average molecular weight is 222 g/mol. The number of benzene rings is 1. The first kappa shape index (κ1) is 10.1. The van der Waals surface area contributed by atoms with Crippen LogP contribution in [0.2, 0.25) is 0 Å². The molecule has 0 aliphatic heterocycles. The van der Waals surface area contributed by atoms with Gasteiger partial charge in [0.1, 0.15) is 5.69 Å². The number of phenols is 2. The van der Waals surface area contributed by atoms with E-state index >= 15 is 0 Å². The van der Waals surface area contributed by atoms with Crippen LogP contribution in [0, 0.1) is 0 Å². The third-order valence-electron chi connectivity index (χ3n) is 2.23. The molecule has 7 nitrogen and oxygen atoms in total. The molecule has 0 aliphatic rings. The molecule has 16 heavy (non-hydrogen) atoms. The maximum atomic E-state index is 9.56. The zero-order valence-electron chi connectivity index (χ0n) is 8.20. The van der Waals surface area contributed by atoms with Crippen molar-refractivity contribution in [3.63, 3.8) is 0 Å². The molecule has 84 valence electrons. The summed E-state index contributed by atoms with van der Waals surface area (Å²) in [4.78, 5) is 0.540. The predicted octanol–water partition coefficient (Wildman–Crippen LogP) is 0.0996. The van der Waals surface area contributed by atoms with E-state index in [-0.39, 0.29) is 29.4 Å². The van der Waals surface area contributed by atoms with E-state index < -0.39 is 0 Å². The number of rotatable bonds is 2. The molecule has 0 fully saturated rings. The van der Waals surface area contributed by atoms with E-state index in [1.165, 1.54) is 6.07 Å². The minimum Gasteiger partial charge on any atom is -0.504 e. The van der Waals surface area contributed by atoms with Gasteiger partial charge in [-0.3, -0.25) is 0 Å². The molecule has 0 saturated heterocycles. The summed E-state index contributed by atoms with van der Waals surface area (Å²) < 4.78 is 0. The molecule has 2 rings (SSSR count). The standard InChI is InChI=1S/C9H10N4O3/c10-9-6(13(16)12-11-9)4-5-2-1-3-7(14)8(5)15/h1-3,14-16H,4,10H2. The van der Waals surface area contributed by atoms with Crippen LogP contribution < -0.4 is 5.73 Å². The molecule has 0 bridgehead atoms. The van der Waals surface area contributed by atoms with Crippen molar-refractivity contribution >= 4 is 5.82 Å². The van der Waals surface area contributed by atoms with Gasteiger partial charge >= 0.3 is 0 Å². The summed E-state index contributed by atoms with van der Waals surface area (Å²) in [5.74, 6) is -0.402. The number of hydrogen-bond acceptors (Lipinski definition) is 6. The Balaban J connectivity index is 2.38. The third-order valence-corrected chi connectivity index (χ3v) is 2.23. The smallest absolute Gasteiger partial charge is 0.173 e. The maximum Gasteiger partial charge on any atom is 0.173 e. The maximum absolute atomic E-state index is 9.56. The summed E-state index contributed by atoms with van der Waals surface area (Å²) in [6, 6.07) is 4.53. The largest absolute Gasteiger partial charge is 0.504 e. The Morgan fingerprint density at radius 2 is 2.06 bits per heavy atom. The molecule has 5 N–H and O–H groups in total. The van der Waals surface area contributed by atoms with Gasteiger partial charge in [-0.2, -0.15) is 0 Å². The molecule has 0 unspecified atom stereocenters. The van der Waals surface area contributed by atoms with Gasteiger partial charge in [0, 0.05) is 12.0 Å². The van der Waals surface area contributed by atoms with Crippen molar-refractivity contribution in [2.24, 2.45) is 0 Å². The fourth-order valence-corrected chi connectivity index (χ4v) is 1.37. The number of phenolic OH excluding ortho intramolecular Hbond substituents is 2. The van der Waals surface area contributed by atoms with Crippen LogP contribution in [0.5, 0.6) is 11.5 Å². The fraction of sp³-hybridized carbons (Fsp3) is 0.111. The molecule has 0 amide bonds. The Hall–Kier alpha value is -2.44. The molecule has 0 radical (unpaired) electrons. The first-order valence-corrected chi connectivity index (χ1v) is 4.48. The van der Waals surface area contributed by atoms with E-state index in [1.54, 1.807) is 12.1 Å². The lowest BCUT2D eigenvalue weighted by Gasteiger charge is -2.05. The van der Waals surface area contributed by atoms with Crippen LogP contribution in [0.15, 0.2) is 18.2 Å². The lowest BCUT2D eigenvalue weighted by atomic mass is 10.1.